The molecule has 0 spiro atoms. The van der Waals surface area contributed by atoms with Crippen LogP contribution in [0.2, 0.25) is 5.15 Å². The first-order valence-corrected chi connectivity index (χ1v) is 7.76. The molecule has 0 amide bonds. The number of hydrogen-bond acceptors (Lipinski definition) is 4. The van der Waals surface area contributed by atoms with Crippen LogP contribution >= 0.6 is 23.4 Å². The largest absolute Gasteiger partial charge is 0.340 e. The fourth-order valence-electron chi connectivity index (χ4n) is 1.69. The molecule has 1 aromatic carbocycles. The smallest absolute Gasteiger partial charge is 0.135 e. The summed E-state index contributed by atoms with van der Waals surface area (Å²) in [7, 11) is 0. The lowest BCUT2D eigenvalue weighted by Gasteiger charge is -2.08. The zero-order valence-electron chi connectivity index (χ0n) is 11.0. The molecule has 1 aromatic heterocycles. The first-order chi connectivity index (χ1) is 9.21. The lowest BCUT2D eigenvalue weighted by Crippen LogP contribution is -2.00. The van der Waals surface area contributed by atoms with Crippen LogP contribution in [0.15, 0.2) is 35.2 Å². The number of nitrogens with zero attached hydrogens (tertiary/aromatic N) is 2. The molecule has 0 aliphatic rings. The quantitative estimate of drug-likeness (QED) is 0.648. The van der Waals surface area contributed by atoms with Gasteiger partial charge in [0.05, 0.1) is 0 Å². The van der Waals surface area contributed by atoms with E-state index in [2.05, 4.69) is 40.6 Å². The van der Waals surface area contributed by atoms with Crippen LogP contribution in [0.4, 0.5) is 11.5 Å². The number of nitrogens with one attached hydrogen (secondary N) is 1. The second-order valence-corrected chi connectivity index (χ2v) is 5.36. The second kappa shape index (κ2) is 6.78. The maximum absolute atomic E-state index is 6.01. The number of halogens is 1. The number of rotatable bonds is 5. The minimum absolute atomic E-state index is 0.474. The highest BCUT2D eigenvalue weighted by Gasteiger charge is 2.03. The Hall–Kier alpha value is -1.26. The molecule has 3 nitrogen and oxygen atoms in total. The van der Waals surface area contributed by atoms with Gasteiger partial charge in [0.2, 0.25) is 0 Å². The van der Waals surface area contributed by atoms with Crippen molar-refractivity contribution in [2.45, 2.75) is 24.7 Å². The van der Waals surface area contributed by atoms with Gasteiger partial charge in [-0.1, -0.05) is 18.5 Å². The van der Waals surface area contributed by atoms with E-state index in [-0.39, 0.29) is 0 Å². The van der Waals surface area contributed by atoms with E-state index in [0.29, 0.717) is 5.15 Å². The summed E-state index contributed by atoms with van der Waals surface area (Å²) in [4.78, 5) is 9.89. The maximum Gasteiger partial charge on any atom is 0.135 e. The van der Waals surface area contributed by atoms with Crippen molar-refractivity contribution >= 4 is 34.9 Å². The monoisotopic (exact) mass is 293 g/mol. The van der Waals surface area contributed by atoms with Crippen molar-refractivity contribution in [3.05, 3.63) is 41.3 Å². The Kier molecular flexibility index (Phi) is 5.05. The summed E-state index contributed by atoms with van der Waals surface area (Å²) in [5.74, 6) is 1.51. The minimum atomic E-state index is 0.474. The van der Waals surface area contributed by atoms with Crippen molar-refractivity contribution in [3.63, 3.8) is 0 Å². The van der Waals surface area contributed by atoms with Crippen LogP contribution < -0.4 is 5.32 Å². The molecular weight excluding hydrogens is 278 g/mol. The number of aromatic nitrogens is 2. The average molecular weight is 294 g/mol. The Morgan fingerprint density at radius 3 is 2.58 bits per heavy atom. The van der Waals surface area contributed by atoms with Crippen molar-refractivity contribution in [1.29, 1.82) is 0 Å². The first-order valence-electron chi connectivity index (χ1n) is 6.16. The van der Waals surface area contributed by atoms with Crippen LogP contribution in [0.5, 0.6) is 0 Å². The summed E-state index contributed by atoms with van der Waals surface area (Å²) in [5.41, 5.74) is 0.995. The summed E-state index contributed by atoms with van der Waals surface area (Å²) in [5, 5.41) is 3.72. The van der Waals surface area contributed by atoms with Crippen molar-refractivity contribution < 1.29 is 0 Å². The van der Waals surface area contributed by atoms with Gasteiger partial charge in [0.25, 0.3) is 0 Å². The summed E-state index contributed by atoms with van der Waals surface area (Å²) in [6, 6.07) is 9.94. The zero-order valence-corrected chi connectivity index (χ0v) is 12.6. The van der Waals surface area contributed by atoms with Crippen molar-refractivity contribution in [3.8, 4) is 0 Å². The topological polar surface area (TPSA) is 37.8 Å². The molecule has 1 heterocycles. The van der Waals surface area contributed by atoms with Gasteiger partial charge in [-0.2, -0.15) is 0 Å². The lowest BCUT2D eigenvalue weighted by atomic mass is 10.3. The summed E-state index contributed by atoms with van der Waals surface area (Å²) >= 11 is 7.73. The van der Waals surface area contributed by atoms with Gasteiger partial charge in [0, 0.05) is 23.1 Å². The van der Waals surface area contributed by atoms with Crippen LogP contribution in [0.25, 0.3) is 0 Å². The lowest BCUT2D eigenvalue weighted by molar-refractivity contribution is 0.837. The van der Waals surface area contributed by atoms with Crippen LogP contribution in [0.1, 0.15) is 19.2 Å². The first kappa shape index (κ1) is 14.2. The molecule has 0 fully saturated rings. The number of benzene rings is 1. The van der Waals surface area contributed by atoms with E-state index in [4.69, 9.17) is 11.6 Å². The molecule has 19 heavy (non-hydrogen) atoms. The molecule has 0 saturated heterocycles. The standard InChI is InChI=1S/C14H16ClN3S/c1-3-4-13-17-12(15)9-14(18-13)16-10-5-7-11(19-2)8-6-10/h5-9H,3-4H2,1-2H3,(H,16,17,18). The molecule has 0 unspecified atom stereocenters. The van der Waals surface area contributed by atoms with Crippen LogP contribution in [-0.2, 0) is 6.42 Å². The molecule has 0 bridgehead atoms. The summed E-state index contributed by atoms with van der Waals surface area (Å²) in [6.45, 7) is 2.10. The fourth-order valence-corrected chi connectivity index (χ4v) is 2.30. The number of aryl methyl sites for hydroxylation is 1. The normalized spacial score (nSPS) is 10.5. The summed E-state index contributed by atoms with van der Waals surface area (Å²) in [6.07, 6.45) is 3.90. The molecule has 100 valence electrons. The van der Waals surface area contributed by atoms with Crippen LogP contribution in [-0.4, -0.2) is 16.2 Å². The molecule has 1 N–H and O–H groups in total. The predicted octanol–water partition coefficient (Wildman–Crippen LogP) is 4.55. The number of anilines is 2. The van der Waals surface area contributed by atoms with E-state index in [0.717, 1.165) is 30.2 Å². The molecule has 5 heteroatoms. The van der Waals surface area contributed by atoms with Gasteiger partial charge in [-0.15, -0.1) is 11.8 Å². The van der Waals surface area contributed by atoms with Gasteiger partial charge < -0.3 is 5.32 Å². The third-order valence-electron chi connectivity index (χ3n) is 2.58. The Balaban J connectivity index is 2.17. The van der Waals surface area contributed by atoms with E-state index in [1.165, 1.54) is 4.90 Å². The predicted molar refractivity (Wildman–Crippen MR) is 82.5 cm³/mol. The van der Waals surface area contributed by atoms with Crippen LogP contribution in [0.3, 0.4) is 0 Å². The Bertz CT molecular complexity index is 543. The van der Waals surface area contributed by atoms with E-state index in [1.807, 2.05) is 12.1 Å². The molecule has 0 aliphatic heterocycles. The SMILES string of the molecule is CCCc1nc(Cl)cc(Nc2ccc(SC)cc2)n1. The second-order valence-electron chi connectivity index (χ2n) is 4.10. The van der Waals surface area contributed by atoms with Crippen LogP contribution in [0, 0.1) is 0 Å². The molecule has 0 saturated carbocycles. The molecule has 0 radical (unpaired) electrons. The van der Waals surface area contributed by atoms with E-state index >= 15 is 0 Å². The molecular formula is C14H16ClN3S. The zero-order chi connectivity index (χ0) is 13.7. The van der Waals surface area contributed by atoms with Crippen molar-refractivity contribution in [2.24, 2.45) is 0 Å². The highest BCUT2D eigenvalue weighted by Crippen LogP contribution is 2.21. The third-order valence-corrected chi connectivity index (χ3v) is 3.51. The molecule has 0 aliphatic carbocycles. The fraction of sp³-hybridized carbons (Fsp3) is 0.286. The molecule has 0 atom stereocenters. The van der Waals surface area contributed by atoms with E-state index < -0.39 is 0 Å². The Morgan fingerprint density at radius 2 is 1.95 bits per heavy atom. The average Bonchev–Trinajstić information content (AvgIpc) is 2.39. The van der Waals surface area contributed by atoms with Gasteiger partial charge in [-0.05, 0) is 36.9 Å². The van der Waals surface area contributed by atoms with Gasteiger partial charge in [-0.25, -0.2) is 9.97 Å². The third kappa shape index (κ3) is 4.11. The van der Waals surface area contributed by atoms with E-state index in [9.17, 15) is 0 Å². The minimum Gasteiger partial charge on any atom is -0.340 e. The highest BCUT2D eigenvalue weighted by molar-refractivity contribution is 7.98. The van der Waals surface area contributed by atoms with Gasteiger partial charge >= 0.3 is 0 Å². The highest BCUT2D eigenvalue weighted by atomic mass is 35.5. The van der Waals surface area contributed by atoms with Crippen molar-refractivity contribution in [1.82, 2.24) is 9.97 Å². The molecule has 2 rings (SSSR count). The van der Waals surface area contributed by atoms with Gasteiger partial charge in [-0.3, -0.25) is 0 Å². The van der Waals surface area contributed by atoms with E-state index in [1.54, 1.807) is 17.8 Å². The number of hydrogen-bond donors (Lipinski definition) is 1. The molecule has 2 aromatic rings. The number of thioether (sulfide) groups is 1. The Morgan fingerprint density at radius 1 is 1.21 bits per heavy atom. The summed E-state index contributed by atoms with van der Waals surface area (Å²) < 4.78 is 0. The van der Waals surface area contributed by atoms with Gasteiger partial charge in [0.15, 0.2) is 0 Å². The van der Waals surface area contributed by atoms with Crippen molar-refractivity contribution in [2.75, 3.05) is 11.6 Å². The maximum atomic E-state index is 6.01. The Labute approximate surface area is 122 Å². The van der Waals surface area contributed by atoms with Gasteiger partial charge in [0.1, 0.15) is 16.8 Å².